The van der Waals surface area contributed by atoms with Crippen molar-refractivity contribution in [2.75, 3.05) is 0 Å². The van der Waals surface area contributed by atoms with Crippen LogP contribution in [0.25, 0.3) is 22.6 Å². The SMILES string of the molecule is CC1(C)[C@@H]2CC[C@@]1(C)[C@H](Sc1nc(-c3ccccc3)c(-c3ccccc3)o1)C2=O. The minimum absolute atomic E-state index is 0.0201. The number of thioether (sulfide) groups is 1. The Hall–Kier alpha value is -2.33. The van der Waals surface area contributed by atoms with E-state index >= 15 is 0 Å². The van der Waals surface area contributed by atoms with Gasteiger partial charge in [0.2, 0.25) is 0 Å². The van der Waals surface area contributed by atoms with Crippen LogP contribution >= 0.6 is 11.8 Å². The van der Waals surface area contributed by atoms with Gasteiger partial charge in [-0.15, -0.1) is 0 Å². The van der Waals surface area contributed by atoms with E-state index < -0.39 is 0 Å². The first-order valence-corrected chi connectivity index (χ1v) is 11.1. The maximum Gasteiger partial charge on any atom is 0.257 e. The van der Waals surface area contributed by atoms with E-state index in [1.807, 2.05) is 60.7 Å². The van der Waals surface area contributed by atoms with Gasteiger partial charge >= 0.3 is 0 Å². The van der Waals surface area contributed by atoms with Crippen molar-refractivity contribution in [2.24, 2.45) is 16.7 Å². The highest BCUT2D eigenvalue weighted by Gasteiger charge is 2.66. The third-order valence-electron chi connectivity index (χ3n) is 7.39. The highest BCUT2D eigenvalue weighted by Crippen LogP contribution is 2.67. The van der Waals surface area contributed by atoms with Gasteiger partial charge < -0.3 is 4.42 Å². The number of aromatic nitrogens is 1. The van der Waals surface area contributed by atoms with E-state index in [-0.39, 0.29) is 22.0 Å². The molecule has 0 aliphatic heterocycles. The van der Waals surface area contributed by atoms with Gasteiger partial charge in [0.25, 0.3) is 5.22 Å². The van der Waals surface area contributed by atoms with Crippen molar-refractivity contribution in [1.29, 1.82) is 0 Å². The van der Waals surface area contributed by atoms with Gasteiger partial charge in [0, 0.05) is 17.0 Å². The van der Waals surface area contributed by atoms with Crippen molar-refractivity contribution in [3.05, 3.63) is 60.7 Å². The molecule has 2 aliphatic carbocycles. The zero-order valence-electron chi connectivity index (χ0n) is 17.0. The average molecular weight is 404 g/mol. The van der Waals surface area contributed by atoms with Crippen molar-refractivity contribution < 1.29 is 9.21 Å². The Morgan fingerprint density at radius 2 is 1.59 bits per heavy atom. The molecule has 2 fully saturated rings. The van der Waals surface area contributed by atoms with Crippen LogP contribution in [-0.4, -0.2) is 16.0 Å². The first kappa shape index (κ1) is 18.7. The average Bonchev–Trinajstić information content (AvgIpc) is 3.29. The lowest BCUT2D eigenvalue weighted by atomic mass is 9.71. The first-order chi connectivity index (χ1) is 13.9. The molecular weight excluding hydrogens is 378 g/mol. The van der Waals surface area contributed by atoms with Crippen LogP contribution in [0.5, 0.6) is 0 Å². The van der Waals surface area contributed by atoms with Crippen LogP contribution < -0.4 is 0 Å². The summed E-state index contributed by atoms with van der Waals surface area (Å²) in [5, 5.41) is 0.493. The van der Waals surface area contributed by atoms with E-state index in [0.29, 0.717) is 11.0 Å². The number of oxazole rings is 1. The quantitative estimate of drug-likeness (QED) is 0.499. The molecule has 148 valence electrons. The summed E-state index contributed by atoms with van der Waals surface area (Å²) in [6, 6.07) is 20.2. The highest BCUT2D eigenvalue weighted by atomic mass is 32.2. The van der Waals surface area contributed by atoms with Crippen LogP contribution in [0.1, 0.15) is 33.6 Å². The van der Waals surface area contributed by atoms with E-state index in [0.717, 1.165) is 35.4 Å². The number of hydrogen-bond donors (Lipinski definition) is 0. The maximum absolute atomic E-state index is 13.1. The second-order valence-electron chi connectivity index (χ2n) is 9.02. The molecule has 0 radical (unpaired) electrons. The molecule has 4 heteroatoms. The van der Waals surface area contributed by atoms with Crippen LogP contribution in [0.15, 0.2) is 70.3 Å². The molecule has 1 aromatic heterocycles. The highest BCUT2D eigenvalue weighted by molar-refractivity contribution is 8.00. The van der Waals surface area contributed by atoms with Gasteiger partial charge in [-0.05, 0) is 23.7 Å². The second kappa shape index (κ2) is 6.60. The Kier molecular flexibility index (Phi) is 4.25. The fraction of sp³-hybridized carbons (Fsp3) is 0.360. The summed E-state index contributed by atoms with van der Waals surface area (Å²) < 4.78 is 6.29. The Morgan fingerprint density at radius 3 is 2.17 bits per heavy atom. The second-order valence-corrected chi connectivity index (χ2v) is 10.1. The van der Waals surface area contributed by atoms with Crippen LogP contribution in [0.2, 0.25) is 0 Å². The molecule has 0 amide bonds. The number of benzene rings is 2. The number of hydrogen-bond acceptors (Lipinski definition) is 4. The predicted octanol–water partition coefficient (Wildman–Crippen LogP) is 6.49. The summed E-state index contributed by atoms with van der Waals surface area (Å²) in [4.78, 5) is 18.0. The zero-order valence-corrected chi connectivity index (χ0v) is 17.8. The van der Waals surface area contributed by atoms with Gasteiger partial charge in [0.1, 0.15) is 5.69 Å². The normalized spacial score (nSPS) is 27.5. The molecule has 0 unspecified atom stereocenters. The van der Waals surface area contributed by atoms with E-state index in [4.69, 9.17) is 9.40 Å². The summed E-state index contributed by atoms with van der Waals surface area (Å²) in [5.74, 6) is 1.29. The van der Waals surface area contributed by atoms with Crippen LogP contribution in [-0.2, 0) is 4.79 Å². The molecule has 3 nitrogen and oxygen atoms in total. The smallest absolute Gasteiger partial charge is 0.257 e. The summed E-state index contributed by atoms with van der Waals surface area (Å²) in [7, 11) is 0. The lowest BCUT2D eigenvalue weighted by Gasteiger charge is -2.37. The van der Waals surface area contributed by atoms with Gasteiger partial charge in [-0.3, -0.25) is 4.79 Å². The van der Waals surface area contributed by atoms with Gasteiger partial charge in [0.05, 0.1) is 5.25 Å². The Labute approximate surface area is 175 Å². The summed E-state index contributed by atoms with van der Waals surface area (Å²) in [6.45, 7) is 6.78. The van der Waals surface area contributed by atoms with E-state index in [1.54, 1.807) is 0 Å². The van der Waals surface area contributed by atoms with Gasteiger partial charge in [-0.2, -0.15) is 0 Å². The fourth-order valence-corrected chi connectivity index (χ4v) is 6.64. The summed E-state index contributed by atoms with van der Waals surface area (Å²) in [6.07, 6.45) is 2.10. The van der Waals surface area contributed by atoms with Crippen LogP contribution in [0.4, 0.5) is 0 Å². The van der Waals surface area contributed by atoms with Crippen LogP contribution in [0, 0.1) is 16.7 Å². The van der Waals surface area contributed by atoms with Crippen LogP contribution in [0.3, 0.4) is 0 Å². The largest absolute Gasteiger partial charge is 0.431 e. The molecule has 3 atom stereocenters. The minimum Gasteiger partial charge on any atom is -0.431 e. The monoisotopic (exact) mass is 403 g/mol. The fourth-order valence-electron chi connectivity index (χ4n) is 5.21. The standard InChI is InChI=1S/C25H25NO2S/c1-24(2)18-14-15-25(24,3)22(20(18)27)29-23-26-19(16-10-6-4-7-11-16)21(28-23)17-12-8-5-9-13-17/h4-13,18,22H,14-15H2,1-3H3/t18-,22-,25+/m1/s1. The molecule has 1 heterocycles. The van der Waals surface area contributed by atoms with E-state index in [2.05, 4.69) is 20.8 Å². The molecule has 2 aromatic carbocycles. The molecular formula is C25H25NO2S. The number of nitrogens with zero attached hydrogens (tertiary/aromatic N) is 1. The molecule has 29 heavy (non-hydrogen) atoms. The maximum atomic E-state index is 13.1. The lowest BCUT2D eigenvalue weighted by molar-refractivity contribution is -0.122. The first-order valence-electron chi connectivity index (χ1n) is 10.2. The van der Waals surface area contributed by atoms with Gasteiger partial charge in [-0.25, -0.2) is 4.98 Å². The summed E-state index contributed by atoms with van der Waals surface area (Å²) >= 11 is 1.52. The molecule has 2 bridgehead atoms. The Morgan fingerprint density at radius 1 is 0.966 bits per heavy atom. The van der Waals surface area contributed by atoms with E-state index in [9.17, 15) is 4.79 Å². The van der Waals surface area contributed by atoms with Crippen molar-refractivity contribution >= 4 is 17.5 Å². The number of Topliss-reactive ketones (excluding diaryl/α,β-unsaturated/α-hetero) is 1. The predicted molar refractivity (Wildman–Crippen MR) is 117 cm³/mol. The van der Waals surface area contributed by atoms with Gasteiger partial charge in [0.15, 0.2) is 11.5 Å². The zero-order chi connectivity index (χ0) is 20.2. The number of ketones is 1. The number of fused-ring (bicyclic) bond motifs is 2. The van der Waals surface area contributed by atoms with Crippen molar-refractivity contribution in [3.8, 4) is 22.6 Å². The van der Waals surface area contributed by atoms with Gasteiger partial charge in [-0.1, -0.05) is 93.2 Å². The van der Waals surface area contributed by atoms with Crippen molar-refractivity contribution in [1.82, 2.24) is 4.98 Å². The molecule has 0 saturated heterocycles. The molecule has 0 N–H and O–H groups in total. The van der Waals surface area contributed by atoms with Crippen molar-refractivity contribution in [2.45, 2.75) is 44.1 Å². The molecule has 3 aromatic rings. The van der Waals surface area contributed by atoms with Crippen molar-refractivity contribution in [3.63, 3.8) is 0 Å². The third-order valence-corrected chi connectivity index (χ3v) is 8.75. The molecule has 2 saturated carbocycles. The van der Waals surface area contributed by atoms with E-state index in [1.165, 1.54) is 11.8 Å². The number of rotatable bonds is 4. The Bertz CT molecular complexity index is 1000. The molecule has 5 rings (SSSR count). The number of carbonyl (C=O) groups excluding carboxylic acids is 1. The molecule has 2 aliphatic rings. The number of carbonyl (C=O) groups is 1. The molecule has 0 spiro atoms. The minimum atomic E-state index is -0.0952. The summed E-state index contributed by atoms with van der Waals surface area (Å²) in [5.41, 5.74) is 2.86. The topological polar surface area (TPSA) is 43.1 Å². The lowest BCUT2D eigenvalue weighted by Crippen LogP contribution is -2.35. The Balaban J connectivity index is 1.56. The third kappa shape index (κ3) is 2.72.